The van der Waals surface area contributed by atoms with E-state index < -0.39 is 0 Å². The maximum atomic E-state index is 5.62. The van der Waals surface area contributed by atoms with Gasteiger partial charge in [-0.05, 0) is 28.8 Å². The van der Waals surface area contributed by atoms with Crippen molar-refractivity contribution in [1.29, 1.82) is 0 Å². The van der Waals surface area contributed by atoms with Gasteiger partial charge in [-0.3, -0.25) is 0 Å². The summed E-state index contributed by atoms with van der Waals surface area (Å²) in [6, 6.07) is 12.6. The number of aryl methyl sites for hydroxylation is 1. The smallest absolute Gasteiger partial charge is 0.0772 e. The van der Waals surface area contributed by atoms with E-state index in [1.807, 2.05) is 12.1 Å². The zero-order chi connectivity index (χ0) is 10.8. The molecule has 2 N–H and O–H groups in total. The maximum absolute atomic E-state index is 5.62. The third kappa shape index (κ3) is 2.00. The van der Waals surface area contributed by atoms with Gasteiger partial charge in [0.2, 0.25) is 0 Å². The molecule has 0 radical (unpaired) electrons. The molecule has 1 nitrogen and oxygen atoms in total. The molecule has 0 saturated heterocycles. The first-order valence-corrected chi connectivity index (χ1v) is 5.35. The van der Waals surface area contributed by atoms with Crippen LogP contribution in [0.4, 0.5) is 0 Å². The SMILES string of the molecule is Cc1ccc2ccccc2c1CC(N)=S. The van der Waals surface area contributed by atoms with Crippen molar-refractivity contribution in [2.75, 3.05) is 0 Å². The number of hydrogen-bond donors (Lipinski definition) is 1. The third-order valence-electron chi connectivity index (χ3n) is 2.63. The fourth-order valence-electron chi connectivity index (χ4n) is 1.85. The Balaban J connectivity index is 2.68. The van der Waals surface area contributed by atoms with E-state index in [4.69, 9.17) is 18.0 Å². The van der Waals surface area contributed by atoms with E-state index >= 15 is 0 Å². The minimum absolute atomic E-state index is 0.550. The Bertz CT molecular complexity index is 517. The summed E-state index contributed by atoms with van der Waals surface area (Å²) in [4.78, 5) is 0.550. The molecule has 0 amide bonds. The summed E-state index contributed by atoms with van der Waals surface area (Å²) >= 11 is 4.98. The molecule has 0 atom stereocenters. The molecule has 2 rings (SSSR count). The van der Waals surface area contributed by atoms with Gasteiger partial charge in [-0.1, -0.05) is 48.6 Å². The molecule has 0 aliphatic carbocycles. The van der Waals surface area contributed by atoms with Crippen LogP contribution in [-0.4, -0.2) is 4.99 Å². The van der Waals surface area contributed by atoms with Crippen molar-refractivity contribution in [3.8, 4) is 0 Å². The molecule has 0 saturated carbocycles. The summed E-state index contributed by atoms with van der Waals surface area (Å²) < 4.78 is 0. The van der Waals surface area contributed by atoms with Gasteiger partial charge in [0.1, 0.15) is 0 Å². The number of hydrogen-bond acceptors (Lipinski definition) is 1. The predicted molar refractivity (Wildman–Crippen MR) is 69.2 cm³/mol. The Morgan fingerprint density at radius 3 is 2.67 bits per heavy atom. The Kier molecular flexibility index (Phi) is 2.69. The number of fused-ring (bicyclic) bond motifs is 1. The highest BCUT2D eigenvalue weighted by Crippen LogP contribution is 2.22. The minimum atomic E-state index is 0.550. The molecular weight excluding hydrogens is 202 g/mol. The highest BCUT2D eigenvalue weighted by Gasteiger charge is 2.04. The highest BCUT2D eigenvalue weighted by atomic mass is 32.1. The van der Waals surface area contributed by atoms with Crippen molar-refractivity contribution in [3.05, 3.63) is 47.5 Å². The standard InChI is InChI=1S/C13H13NS/c1-9-6-7-10-4-2-3-5-11(10)12(9)8-13(14)15/h2-7H,8H2,1H3,(H2,14,15). The summed E-state index contributed by atoms with van der Waals surface area (Å²) in [6.07, 6.45) is 0.683. The number of benzene rings is 2. The van der Waals surface area contributed by atoms with Gasteiger partial charge in [0.05, 0.1) is 4.99 Å². The van der Waals surface area contributed by atoms with E-state index in [9.17, 15) is 0 Å². The van der Waals surface area contributed by atoms with Crippen molar-refractivity contribution in [1.82, 2.24) is 0 Å². The number of thiocarbonyl (C=S) groups is 1. The number of nitrogens with two attached hydrogens (primary N) is 1. The molecule has 0 aromatic heterocycles. The summed E-state index contributed by atoms with van der Waals surface area (Å²) in [7, 11) is 0. The molecule has 0 unspecified atom stereocenters. The Morgan fingerprint density at radius 1 is 1.20 bits per heavy atom. The lowest BCUT2D eigenvalue weighted by molar-refractivity contribution is 1.29. The largest absolute Gasteiger partial charge is 0.393 e. The Morgan fingerprint density at radius 2 is 1.93 bits per heavy atom. The van der Waals surface area contributed by atoms with Crippen molar-refractivity contribution >= 4 is 28.0 Å². The van der Waals surface area contributed by atoms with Crippen molar-refractivity contribution in [2.24, 2.45) is 5.73 Å². The normalized spacial score (nSPS) is 10.5. The molecular formula is C13H13NS. The fraction of sp³-hybridized carbons (Fsp3) is 0.154. The van der Waals surface area contributed by atoms with Gasteiger partial charge in [0.15, 0.2) is 0 Å². The van der Waals surface area contributed by atoms with Crippen molar-refractivity contribution in [3.63, 3.8) is 0 Å². The third-order valence-corrected chi connectivity index (χ3v) is 2.77. The summed E-state index contributed by atoms with van der Waals surface area (Å²) in [5.41, 5.74) is 8.12. The van der Waals surface area contributed by atoms with E-state index in [1.54, 1.807) is 0 Å². The Hall–Kier alpha value is -1.41. The van der Waals surface area contributed by atoms with Crippen LogP contribution >= 0.6 is 12.2 Å². The second-order valence-electron chi connectivity index (χ2n) is 3.73. The maximum Gasteiger partial charge on any atom is 0.0772 e. The lowest BCUT2D eigenvalue weighted by atomic mass is 9.97. The summed E-state index contributed by atoms with van der Waals surface area (Å²) in [5.74, 6) is 0. The lowest BCUT2D eigenvalue weighted by Gasteiger charge is -2.09. The van der Waals surface area contributed by atoms with Gasteiger partial charge in [-0.15, -0.1) is 0 Å². The van der Waals surface area contributed by atoms with E-state index in [1.165, 1.54) is 21.9 Å². The van der Waals surface area contributed by atoms with Gasteiger partial charge in [-0.2, -0.15) is 0 Å². The van der Waals surface area contributed by atoms with Crippen LogP contribution in [0.5, 0.6) is 0 Å². The van der Waals surface area contributed by atoms with Crippen molar-refractivity contribution in [2.45, 2.75) is 13.3 Å². The number of rotatable bonds is 2. The first-order valence-electron chi connectivity index (χ1n) is 4.94. The monoisotopic (exact) mass is 215 g/mol. The molecule has 0 aliphatic rings. The second-order valence-corrected chi connectivity index (χ2v) is 4.25. The van der Waals surface area contributed by atoms with E-state index in [-0.39, 0.29) is 0 Å². The van der Waals surface area contributed by atoms with Crippen molar-refractivity contribution < 1.29 is 0 Å². The van der Waals surface area contributed by atoms with E-state index in [0.29, 0.717) is 11.4 Å². The van der Waals surface area contributed by atoms with Gasteiger partial charge in [-0.25, -0.2) is 0 Å². The van der Waals surface area contributed by atoms with Gasteiger partial charge < -0.3 is 5.73 Å². The van der Waals surface area contributed by atoms with Gasteiger partial charge in [0.25, 0.3) is 0 Å². The van der Waals surface area contributed by atoms with Crippen LogP contribution in [0, 0.1) is 6.92 Å². The highest BCUT2D eigenvalue weighted by molar-refractivity contribution is 7.80. The summed E-state index contributed by atoms with van der Waals surface area (Å²) in [6.45, 7) is 2.10. The quantitative estimate of drug-likeness (QED) is 0.779. The first-order chi connectivity index (χ1) is 7.18. The lowest BCUT2D eigenvalue weighted by Crippen LogP contribution is -2.12. The predicted octanol–water partition coefficient (Wildman–Crippen LogP) is 2.98. The van der Waals surface area contributed by atoms with Crippen LogP contribution in [0.1, 0.15) is 11.1 Å². The molecule has 0 heterocycles. The topological polar surface area (TPSA) is 26.0 Å². The molecule has 0 aliphatic heterocycles. The van der Waals surface area contributed by atoms with Gasteiger partial charge >= 0.3 is 0 Å². The molecule has 0 fully saturated rings. The zero-order valence-electron chi connectivity index (χ0n) is 8.66. The average molecular weight is 215 g/mol. The minimum Gasteiger partial charge on any atom is -0.393 e. The van der Waals surface area contributed by atoms with E-state index in [2.05, 4.69) is 31.2 Å². The average Bonchev–Trinajstić information content (AvgIpc) is 2.22. The zero-order valence-corrected chi connectivity index (χ0v) is 9.47. The second kappa shape index (κ2) is 3.99. The molecule has 0 spiro atoms. The Labute approximate surface area is 94.9 Å². The molecule has 2 heteroatoms. The molecule has 15 heavy (non-hydrogen) atoms. The molecule has 76 valence electrons. The first kappa shape index (κ1) is 10.1. The molecule has 2 aromatic carbocycles. The van der Waals surface area contributed by atoms with Crippen LogP contribution in [0.3, 0.4) is 0 Å². The van der Waals surface area contributed by atoms with Gasteiger partial charge in [0, 0.05) is 6.42 Å². The van der Waals surface area contributed by atoms with Crippen LogP contribution in [0.2, 0.25) is 0 Å². The fourth-order valence-corrected chi connectivity index (χ4v) is 2.00. The van der Waals surface area contributed by atoms with Crippen LogP contribution in [0.25, 0.3) is 10.8 Å². The summed E-state index contributed by atoms with van der Waals surface area (Å²) in [5, 5.41) is 2.50. The van der Waals surface area contributed by atoms with Crippen LogP contribution in [0.15, 0.2) is 36.4 Å². The van der Waals surface area contributed by atoms with Crippen LogP contribution in [-0.2, 0) is 6.42 Å². The van der Waals surface area contributed by atoms with E-state index in [0.717, 1.165) is 0 Å². The molecule has 0 bridgehead atoms. The van der Waals surface area contributed by atoms with Crippen LogP contribution < -0.4 is 5.73 Å². The molecule has 2 aromatic rings.